The molecule has 0 aromatic heterocycles. The summed E-state index contributed by atoms with van der Waals surface area (Å²) in [5, 5.41) is 2.30. The van der Waals surface area contributed by atoms with Crippen LogP contribution in [0.1, 0.15) is 33.1 Å². The molecule has 1 saturated heterocycles. The lowest BCUT2D eigenvalue weighted by Gasteiger charge is -2.17. The van der Waals surface area contributed by atoms with Crippen LogP contribution in [-0.2, 0) is 15.7 Å². The van der Waals surface area contributed by atoms with Gasteiger partial charge in [-0.15, -0.1) is 0 Å². The SMILES string of the molecule is CC(C)(I)C(=O)Oc1cccc2c([S+]3CCCCC3)cccc12. The van der Waals surface area contributed by atoms with E-state index in [9.17, 15) is 4.79 Å². The number of fused-ring (bicyclic) bond motifs is 1. The summed E-state index contributed by atoms with van der Waals surface area (Å²) in [5.74, 6) is 3.07. The number of carbonyl (C=O) groups is 1. The van der Waals surface area contributed by atoms with Gasteiger partial charge in [-0.05, 0) is 51.3 Å². The normalized spacial score (nSPS) is 16.5. The van der Waals surface area contributed by atoms with Gasteiger partial charge in [-0.2, -0.15) is 0 Å². The number of ether oxygens (including phenoxy) is 1. The maximum absolute atomic E-state index is 12.2. The highest BCUT2D eigenvalue weighted by Crippen LogP contribution is 2.34. The van der Waals surface area contributed by atoms with Gasteiger partial charge in [0, 0.05) is 21.7 Å². The van der Waals surface area contributed by atoms with Gasteiger partial charge in [0.25, 0.3) is 0 Å². The zero-order valence-electron chi connectivity index (χ0n) is 13.6. The molecule has 2 aromatic rings. The Morgan fingerprint density at radius 1 is 1.04 bits per heavy atom. The van der Waals surface area contributed by atoms with Gasteiger partial charge in [0.1, 0.15) is 20.7 Å². The van der Waals surface area contributed by atoms with Gasteiger partial charge >= 0.3 is 5.97 Å². The van der Waals surface area contributed by atoms with Gasteiger partial charge in [-0.25, -0.2) is 0 Å². The molecule has 1 fully saturated rings. The summed E-state index contributed by atoms with van der Waals surface area (Å²) in [5.41, 5.74) is 0. The summed E-state index contributed by atoms with van der Waals surface area (Å²) in [6, 6.07) is 12.5. The predicted octanol–water partition coefficient (Wildman–Crippen LogP) is 5.12. The maximum Gasteiger partial charge on any atom is 0.326 e. The topological polar surface area (TPSA) is 26.3 Å². The van der Waals surface area contributed by atoms with Crippen LogP contribution in [0.5, 0.6) is 5.75 Å². The van der Waals surface area contributed by atoms with Crippen LogP contribution in [0.3, 0.4) is 0 Å². The first-order valence-corrected chi connectivity index (χ1v) is 10.7. The van der Waals surface area contributed by atoms with Gasteiger partial charge in [0.2, 0.25) is 0 Å². The molecule has 1 aliphatic rings. The minimum absolute atomic E-state index is 0.198. The molecule has 4 heteroatoms. The van der Waals surface area contributed by atoms with Crippen LogP contribution in [0.2, 0.25) is 0 Å². The Morgan fingerprint density at radius 2 is 1.70 bits per heavy atom. The Morgan fingerprint density at radius 3 is 2.39 bits per heavy atom. The molecule has 0 unspecified atom stereocenters. The Kier molecular flexibility index (Phi) is 5.21. The summed E-state index contributed by atoms with van der Waals surface area (Å²) >= 11 is 2.12. The molecule has 0 N–H and O–H groups in total. The number of benzene rings is 2. The summed E-state index contributed by atoms with van der Waals surface area (Å²) < 4.78 is 5.17. The molecule has 0 bridgehead atoms. The van der Waals surface area contributed by atoms with Crippen molar-refractivity contribution >= 4 is 50.2 Å². The molecule has 2 aromatic carbocycles. The first-order chi connectivity index (χ1) is 11.0. The van der Waals surface area contributed by atoms with E-state index in [1.165, 1.54) is 41.0 Å². The Labute approximate surface area is 154 Å². The second kappa shape index (κ2) is 7.01. The summed E-state index contributed by atoms with van der Waals surface area (Å²) in [6.45, 7) is 3.74. The van der Waals surface area contributed by atoms with Crippen molar-refractivity contribution in [2.75, 3.05) is 11.5 Å². The van der Waals surface area contributed by atoms with Crippen molar-refractivity contribution in [2.45, 2.75) is 41.4 Å². The molecule has 0 atom stereocenters. The molecule has 1 aliphatic heterocycles. The van der Waals surface area contributed by atoms with Crippen molar-refractivity contribution in [1.29, 1.82) is 0 Å². The maximum atomic E-state index is 12.2. The highest BCUT2D eigenvalue weighted by atomic mass is 127. The van der Waals surface area contributed by atoms with E-state index in [1.807, 2.05) is 26.0 Å². The standard InChI is InChI=1S/C19H22IO2S/c1-19(2,20)18(21)22-16-10-6-9-15-14(16)8-7-11-17(15)23-12-4-3-5-13-23/h6-11H,3-5,12-13H2,1-2H3/q+1. The molecule has 0 spiro atoms. The molecule has 3 rings (SSSR count). The molecular formula is C19H22IO2S+. The van der Waals surface area contributed by atoms with Crippen molar-refractivity contribution in [3.8, 4) is 5.75 Å². The fraction of sp³-hybridized carbons (Fsp3) is 0.421. The van der Waals surface area contributed by atoms with Gasteiger partial charge in [-0.1, -0.05) is 40.8 Å². The largest absolute Gasteiger partial charge is 0.425 e. The van der Waals surface area contributed by atoms with Crippen LogP contribution in [0, 0.1) is 0 Å². The highest BCUT2D eigenvalue weighted by Gasteiger charge is 2.29. The lowest BCUT2D eigenvalue weighted by molar-refractivity contribution is -0.135. The van der Waals surface area contributed by atoms with Crippen LogP contribution >= 0.6 is 22.6 Å². The molecule has 23 heavy (non-hydrogen) atoms. The molecule has 122 valence electrons. The lowest BCUT2D eigenvalue weighted by atomic mass is 10.1. The first-order valence-electron chi connectivity index (χ1n) is 8.07. The van der Waals surface area contributed by atoms with E-state index in [1.54, 1.807) is 0 Å². The van der Waals surface area contributed by atoms with Crippen LogP contribution in [-0.4, -0.2) is 20.9 Å². The third-order valence-corrected chi connectivity index (χ3v) is 7.10. The molecule has 0 aliphatic carbocycles. The zero-order chi connectivity index (χ0) is 16.4. The van der Waals surface area contributed by atoms with E-state index >= 15 is 0 Å². The zero-order valence-corrected chi connectivity index (χ0v) is 16.6. The van der Waals surface area contributed by atoms with Crippen LogP contribution in [0.4, 0.5) is 0 Å². The molecular weight excluding hydrogens is 419 g/mol. The quantitative estimate of drug-likeness (QED) is 0.217. The minimum atomic E-state index is -0.525. The van der Waals surface area contributed by atoms with Crippen molar-refractivity contribution in [1.82, 2.24) is 0 Å². The van der Waals surface area contributed by atoms with E-state index in [0.717, 1.165) is 5.39 Å². The number of carbonyl (C=O) groups excluding carboxylic acids is 1. The molecule has 0 saturated carbocycles. The lowest BCUT2D eigenvalue weighted by Crippen LogP contribution is -2.29. The average molecular weight is 441 g/mol. The first kappa shape index (κ1) is 17.1. The van der Waals surface area contributed by atoms with E-state index in [0.29, 0.717) is 16.6 Å². The molecule has 1 heterocycles. The van der Waals surface area contributed by atoms with Crippen LogP contribution < -0.4 is 4.74 Å². The molecule has 0 radical (unpaired) electrons. The fourth-order valence-electron chi connectivity index (χ4n) is 2.87. The number of rotatable bonds is 3. The van der Waals surface area contributed by atoms with E-state index < -0.39 is 3.42 Å². The van der Waals surface area contributed by atoms with E-state index in [4.69, 9.17) is 4.74 Å². The highest BCUT2D eigenvalue weighted by molar-refractivity contribution is 14.1. The Bertz CT molecular complexity index is 715. The fourth-order valence-corrected chi connectivity index (χ4v) is 5.48. The van der Waals surface area contributed by atoms with Gasteiger partial charge in [0.15, 0.2) is 4.90 Å². The number of alkyl halides is 1. The van der Waals surface area contributed by atoms with Crippen molar-refractivity contribution < 1.29 is 9.53 Å². The smallest absolute Gasteiger partial charge is 0.326 e. The van der Waals surface area contributed by atoms with Gasteiger partial charge < -0.3 is 4.74 Å². The minimum Gasteiger partial charge on any atom is -0.425 e. The summed E-state index contributed by atoms with van der Waals surface area (Å²) in [6.07, 6.45) is 4.02. The number of hydrogen-bond donors (Lipinski definition) is 0. The van der Waals surface area contributed by atoms with Crippen LogP contribution in [0.25, 0.3) is 10.8 Å². The van der Waals surface area contributed by atoms with Crippen molar-refractivity contribution in [3.63, 3.8) is 0 Å². The summed E-state index contributed by atoms with van der Waals surface area (Å²) in [7, 11) is 0.337. The molecule has 0 amide bonds. The van der Waals surface area contributed by atoms with Crippen LogP contribution in [0.15, 0.2) is 41.3 Å². The Hall–Kier alpha value is -0.750. The van der Waals surface area contributed by atoms with Crippen molar-refractivity contribution in [2.24, 2.45) is 0 Å². The predicted molar refractivity (Wildman–Crippen MR) is 107 cm³/mol. The number of halogens is 1. The Balaban J connectivity index is 2.00. The van der Waals surface area contributed by atoms with Crippen molar-refractivity contribution in [3.05, 3.63) is 36.4 Å². The molecule has 2 nitrogen and oxygen atoms in total. The van der Waals surface area contributed by atoms with Gasteiger partial charge in [0.05, 0.1) is 0 Å². The van der Waals surface area contributed by atoms with Gasteiger partial charge in [-0.3, -0.25) is 4.79 Å². The third kappa shape index (κ3) is 3.85. The monoisotopic (exact) mass is 441 g/mol. The second-order valence-electron chi connectivity index (χ2n) is 6.43. The second-order valence-corrected chi connectivity index (χ2v) is 11.4. The number of hydrogen-bond acceptors (Lipinski definition) is 2. The average Bonchev–Trinajstić information content (AvgIpc) is 2.54. The number of esters is 1. The van der Waals surface area contributed by atoms with E-state index in [-0.39, 0.29) is 5.97 Å². The third-order valence-electron chi connectivity index (χ3n) is 4.12. The van der Waals surface area contributed by atoms with E-state index in [2.05, 4.69) is 46.9 Å². The summed E-state index contributed by atoms with van der Waals surface area (Å²) in [4.78, 5) is 13.7.